The number of hydrogen-bond acceptors (Lipinski definition) is 5. The molecule has 0 bridgehead atoms. The molecule has 1 N–H and O–H groups in total. The third kappa shape index (κ3) is 4.38. The van der Waals surface area contributed by atoms with Crippen molar-refractivity contribution in [2.75, 3.05) is 18.5 Å². The number of aromatic nitrogens is 2. The largest absolute Gasteiger partial charge is 0.465 e. The fourth-order valence-corrected chi connectivity index (χ4v) is 1.32. The number of esters is 1. The number of nitrogens with zero attached hydrogens (tertiary/aromatic N) is 2. The summed E-state index contributed by atoms with van der Waals surface area (Å²) < 4.78 is 4.83. The Morgan fingerprint density at radius 3 is 2.76 bits per heavy atom. The Kier molecular flexibility index (Phi) is 4.87. The van der Waals surface area contributed by atoms with Gasteiger partial charge in [-0.1, -0.05) is 13.8 Å². The van der Waals surface area contributed by atoms with E-state index in [-0.39, 0.29) is 18.4 Å². The first-order valence-corrected chi connectivity index (χ1v) is 5.78. The molecule has 0 saturated carbocycles. The van der Waals surface area contributed by atoms with Crippen molar-refractivity contribution in [1.29, 1.82) is 0 Å². The topological polar surface area (TPSA) is 64.1 Å². The van der Waals surface area contributed by atoms with Gasteiger partial charge in [0.05, 0.1) is 6.61 Å². The third-order valence-corrected chi connectivity index (χ3v) is 2.11. The minimum Gasteiger partial charge on any atom is -0.465 e. The van der Waals surface area contributed by atoms with E-state index in [1.165, 1.54) is 0 Å². The minimum absolute atomic E-state index is 0.127. The molecule has 0 saturated heterocycles. The predicted molar refractivity (Wildman–Crippen MR) is 66.0 cm³/mol. The minimum atomic E-state index is -0.283. The Morgan fingerprint density at radius 2 is 2.18 bits per heavy atom. The Labute approximate surface area is 102 Å². The molecule has 1 heterocycles. The van der Waals surface area contributed by atoms with Crippen molar-refractivity contribution < 1.29 is 9.53 Å². The van der Waals surface area contributed by atoms with E-state index >= 15 is 0 Å². The summed E-state index contributed by atoms with van der Waals surface area (Å²) in [5, 5.41) is 2.94. The van der Waals surface area contributed by atoms with Gasteiger partial charge in [-0.3, -0.25) is 4.79 Å². The maximum absolute atomic E-state index is 11.2. The van der Waals surface area contributed by atoms with Crippen molar-refractivity contribution in [3.05, 3.63) is 17.6 Å². The molecule has 0 unspecified atom stereocenters. The van der Waals surface area contributed by atoms with Crippen LogP contribution in [0.2, 0.25) is 0 Å². The van der Waals surface area contributed by atoms with Gasteiger partial charge >= 0.3 is 5.97 Å². The quantitative estimate of drug-likeness (QED) is 0.792. The smallest absolute Gasteiger partial charge is 0.325 e. The van der Waals surface area contributed by atoms with Gasteiger partial charge in [-0.2, -0.15) is 0 Å². The summed E-state index contributed by atoms with van der Waals surface area (Å²) in [6, 6.07) is 1.81. The molecule has 1 aromatic heterocycles. The van der Waals surface area contributed by atoms with E-state index in [1.807, 2.05) is 26.8 Å². The standard InChI is InChI=1S/C12H19N3O2/c1-5-17-11(16)7-13-10-6-9(4)14-12(15-10)8(2)3/h6,8H,5,7H2,1-4H3,(H,13,14,15). The molecular weight excluding hydrogens is 218 g/mol. The summed E-state index contributed by atoms with van der Waals surface area (Å²) in [5.74, 6) is 1.42. The molecule has 0 spiro atoms. The number of anilines is 1. The first-order valence-electron chi connectivity index (χ1n) is 5.78. The van der Waals surface area contributed by atoms with Crippen LogP contribution in [0.15, 0.2) is 6.07 Å². The van der Waals surface area contributed by atoms with Crippen LogP contribution >= 0.6 is 0 Å². The maximum atomic E-state index is 11.2. The second-order valence-electron chi connectivity index (χ2n) is 4.07. The Hall–Kier alpha value is -1.65. The van der Waals surface area contributed by atoms with Crippen molar-refractivity contribution >= 4 is 11.8 Å². The summed E-state index contributed by atoms with van der Waals surface area (Å²) >= 11 is 0. The van der Waals surface area contributed by atoms with Crippen LogP contribution in [0, 0.1) is 6.92 Å². The SMILES string of the molecule is CCOC(=O)CNc1cc(C)nc(C(C)C)n1. The Morgan fingerprint density at radius 1 is 1.47 bits per heavy atom. The molecule has 1 rings (SSSR count). The monoisotopic (exact) mass is 237 g/mol. The van der Waals surface area contributed by atoms with Gasteiger partial charge in [0.15, 0.2) is 0 Å². The first-order chi connectivity index (χ1) is 8.02. The van der Waals surface area contributed by atoms with Crippen LogP contribution in [0.1, 0.15) is 38.2 Å². The number of nitrogens with one attached hydrogen (secondary N) is 1. The van der Waals surface area contributed by atoms with Crippen LogP contribution in [-0.4, -0.2) is 29.1 Å². The highest BCUT2D eigenvalue weighted by atomic mass is 16.5. The summed E-state index contributed by atoms with van der Waals surface area (Å²) in [4.78, 5) is 19.9. The van der Waals surface area contributed by atoms with E-state index in [0.717, 1.165) is 11.5 Å². The molecule has 94 valence electrons. The van der Waals surface area contributed by atoms with Crippen LogP contribution in [0.4, 0.5) is 5.82 Å². The Balaban J connectivity index is 2.68. The average molecular weight is 237 g/mol. The van der Waals surface area contributed by atoms with Gasteiger partial charge in [-0.15, -0.1) is 0 Å². The zero-order chi connectivity index (χ0) is 12.8. The molecule has 1 aromatic rings. The lowest BCUT2D eigenvalue weighted by Crippen LogP contribution is -2.18. The van der Waals surface area contributed by atoms with Crippen molar-refractivity contribution in [1.82, 2.24) is 9.97 Å². The molecule has 5 nitrogen and oxygen atoms in total. The normalized spacial score (nSPS) is 10.4. The van der Waals surface area contributed by atoms with Gasteiger partial charge < -0.3 is 10.1 Å². The van der Waals surface area contributed by atoms with Crippen LogP contribution in [0.5, 0.6) is 0 Å². The molecule has 0 atom stereocenters. The highest BCUT2D eigenvalue weighted by molar-refractivity contribution is 5.74. The van der Waals surface area contributed by atoms with Crippen molar-refractivity contribution in [3.63, 3.8) is 0 Å². The van der Waals surface area contributed by atoms with Crippen molar-refractivity contribution in [3.8, 4) is 0 Å². The molecule has 0 aliphatic heterocycles. The molecule has 0 aliphatic rings. The Bertz CT molecular complexity index is 391. The second kappa shape index (κ2) is 6.18. The van der Waals surface area contributed by atoms with Crippen LogP contribution in [0.3, 0.4) is 0 Å². The molecule has 0 radical (unpaired) electrons. The fourth-order valence-electron chi connectivity index (χ4n) is 1.32. The van der Waals surface area contributed by atoms with Crippen molar-refractivity contribution in [2.24, 2.45) is 0 Å². The zero-order valence-electron chi connectivity index (χ0n) is 10.8. The molecule has 17 heavy (non-hydrogen) atoms. The van der Waals surface area contributed by atoms with Gasteiger partial charge in [0, 0.05) is 17.7 Å². The first kappa shape index (κ1) is 13.4. The summed E-state index contributed by atoms with van der Waals surface area (Å²) in [5.41, 5.74) is 0.884. The van der Waals surface area contributed by atoms with Gasteiger partial charge in [0.1, 0.15) is 18.2 Å². The number of carbonyl (C=O) groups is 1. The van der Waals surface area contributed by atoms with Crippen molar-refractivity contribution in [2.45, 2.75) is 33.6 Å². The van der Waals surface area contributed by atoms with Gasteiger partial charge in [-0.25, -0.2) is 9.97 Å². The summed E-state index contributed by atoms with van der Waals surface area (Å²) in [6.07, 6.45) is 0. The lowest BCUT2D eigenvalue weighted by atomic mass is 10.2. The number of aryl methyl sites for hydroxylation is 1. The molecular formula is C12H19N3O2. The summed E-state index contributed by atoms with van der Waals surface area (Å²) in [7, 11) is 0. The molecule has 0 amide bonds. The second-order valence-corrected chi connectivity index (χ2v) is 4.07. The highest BCUT2D eigenvalue weighted by Gasteiger charge is 2.07. The van der Waals surface area contributed by atoms with Crippen LogP contribution < -0.4 is 5.32 Å². The lowest BCUT2D eigenvalue weighted by molar-refractivity contribution is -0.140. The van der Waals surface area contributed by atoms with Gasteiger partial charge in [-0.05, 0) is 13.8 Å². The van der Waals surface area contributed by atoms with E-state index in [2.05, 4.69) is 15.3 Å². The van der Waals surface area contributed by atoms with E-state index in [4.69, 9.17) is 4.74 Å². The van der Waals surface area contributed by atoms with E-state index in [1.54, 1.807) is 6.92 Å². The third-order valence-electron chi connectivity index (χ3n) is 2.11. The zero-order valence-corrected chi connectivity index (χ0v) is 10.8. The molecule has 0 aliphatic carbocycles. The fraction of sp³-hybridized carbons (Fsp3) is 0.583. The highest BCUT2D eigenvalue weighted by Crippen LogP contribution is 2.13. The molecule has 5 heteroatoms. The van der Waals surface area contributed by atoms with Gasteiger partial charge in [0.2, 0.25) is 0 Å². The van der Waals surface area contributed by atoms with E-state index in [0.29, 0.717) is 12.4 Å². The average Bonchev–Trinajstić information content (AvgIpc) is 2.26. The number of hydrogen-bond donors (Lipinski definition) is 1. The lowest BCUT2D eigenvalue weighted by Gasteiger charge is -2.09. The van der Waals surface area contributed by atoms with E-state index in [9.17, 15) is 4.79 Å². The predicted octanol–water partition coefficient (Wildman–Crippen LogP) is 1.88. The molecule has 0 fully saturated rings. The maximum Gasteiger partial charge on any atom is 0.325 e. The number of carbonyl (C=O) groups excluding carboxylic acids is 1. The van der Waals surface area contributed by atoms with E-state index < -0.39 is 0 Å². The van der Waals surface area contributed by atoms with Crippen LogP contribution in [-0.2, 0) is 9.53 Å². The van der Waals surface area contributed by atoms with Gasteiger partial charge in [0.25, 0.3) is 0 Å². The summed E-state index contributed by atoms with van der Waals surface area (Å²) in [6.45, 7) is 8.27. The number of ether oxygens (including phenoxy) is 1. The van der Waals surface area contributed by atoms with Crippen LogP contribution in [0.25, 0.3) is 0 Å². The number of rotatable bonds is 5. The molecule has 0 aromatic carbocycles.